The standard InChI is InChI=1S/C17H17N3O2S2/c1-22-14-8-4-2-6-12(14)10-11-18-16(21)20-24-17-19-13-7-3-5-9-15(13)23-17/h2-9H,10-11H2,1H3,(H2,18,20,21). The van der Waals surface area contributed by atoms with Crippen LogP contribution in [0, 0.1) is 0 Å². The molecule has 1 aromatic heterocycles. The number of ether oxygens (including phenoxy) is 1. The van der Waals surface area contributed by atoms with Gasteiger partial charge in [0.15, 0.2) is 4.34 Å². The third-order valence-corrected chi connectivity index (χ3v) is 5.26. The summed E-state index contributed by atoms with van der Waals surface area (Å²) in [5.74, 6) is 0.837. The molecule has 0 aliphatic rings. The fourth-order valence-electron chi connectivity index (χ4n) is 2.24. The Morgan fingerprint density at radius 3 is 2.83 bits per heavy atom. The molecule has 0 saturated carbocycles. The molecule has 0 saturated heterocycles. The topological polar surface area (TPSA) is 63.2 Å². The van der Waals surface area contributed by atoms with E-state index in [1.165, 1.54) is 11.9 Å². The number of para-hydroxylation sites is 2. The molecule has 0 radical (unpaired) electrons. The summed E-state index contributed by atoms with van der Waals surface area (Å²) in [6, 6.07) is 15.5. The van der Waals surface area contributed by atoms with Gasteiger partial charge in [-0.2, -0.15) is 0 Å². The van der Waals surface area contributed by atoms with E-state index in [1.807, 2.05) is 48.5 Å². The molecule has 1 heterocycles. The highest BCUT2D eigenvalue weighted by Gasteiger charge is 2.07. The molecule has 7 heteroatoms. The van der Waals surface area contributed by atoms with Crippen molar-refractivity contribution in [1.29, 1.82) is 0 Å². The zero-order valence-electron chi connectivity index (χ0n) is 13.1. The Bertz CT molecular complexity index is 802. The summed E-state index contributed by atoms with van der Waals surface area (Å²) in [5, 5.41) is 2.84. The minimum Gasteiger partial charge on any atom is -0.496 e. The minimum atomic E-state index is -0.228. The van der Waals surface area contributed by atoms with E-state index < -0.39 is 0 Å². The number of carbonyl (C=O) groups is 1. The lowest BCUT2D eigenvalue weighted by Crippen LogP contribution is -2.32. The summed E-state index contributed by atoms with van der Waals surface area (Å²) >= 11 is 2.79. The van der Waals surface area contributed by atoms with Crippen molar-refractivity contribution in [2.24, 2.45) is 0 Å². The molecule has 0 bridgehead atoms. The summed E-state index contributed by atoms with van der Waals surface area (Å²) in [7, 11) is 1.65. The van der Waals surface area contributed by atoms with E-state index in [4.69, 9.17) is 4.74 Å². The van der Waals surface area contributed by atoms with Gasteiger partial charge in [0.1, 0.15) is 5.75 Å². The Labute approximate surface area is 148 Å². The van der Waals surface area contributed by atoms with E-state index in [1.54, 1.807) is 18.4 Å². The smallest absolute Gasteiger partial charge is 0.325 e. The normalized spacial score (nSPS) is 10.5. The molecule has 3 aromatic rings. The van der Waals surface area contributed by atoms with E-state index in [0.717, 1.165) is 25.9 Å². The lowest BCUT2D eigenvalue weighted by molar-refractivity contribution is 0.246. The van der Waals surface area contributed by atoms with Gasteiger partial charge in [0, 0.05) is 18.5 Å². The number of carbonyl (C=O) groups excluding carboxylic acids is 1. The highest BCUT2D eigenvalue weighted by atomic mass is 32.2. The fourth-order valence-corrected chi connectivity index (χ4v) is 3.90. The average molecular weight is 359 g/mol. The van der Waals surface area contributed by atoms with Gasteiger partial charge in [-0.1, -0.05) is 30.3 Å². The Hall–Kier alpha value is -2.25. The number of methoxy groups -OCH3 is 1. The Balaban J connectivity index is 1.46. The first kappa shape index (κ1) is 16.6. The maximum Gasteiger partial charge on any atom is 0.325 e. The molecular formula is C17H17N3O2S2. The van der Waals surface area contributed by atoms with Crippen LogP contribution in [0.3, 0.4) is 0 Å². The molecule has 124 valence electrons. The van der Waals surface area contributed by atoms with E-state index in [0.29, 0.717) is 13.0 Å². The van der Waals surface area contributed by atoms with Gasteiger partial charge in [0.25, 0.3) is 0 Å². The fraction of sp³-hybridized carbons (Fsp3) is 0.176. The van der Waals surface area contributed by atoms with Crippen LogP contribution in [-0.2, 0) is 6.42 Å². The maximum absolute atomic E-state index is 11.9. The van der Waals surface area contributed by atoms with Crippen LogP contribution in [0.25, 0.3) is 10.2 Å². The lowest BCUT2D eigenvalue weighted by atomic mass is 10.1. The van der Waals surface area contributed by atoms with Crippen LogP contribution in [0.5, 0.6) is 5.75 Å². The van der Waals surface area contributed by atoms with Gasteiger partial charge in [-0.15, -0.1) is 11.3 Å². The Morgan fingerprint density at radius 2 is 2.00 bits per heavy atom. The number of nitrogens with one attached hydrogen (secondary N) is 2. The second kappa shape index (κ2) is 8.03. The molecule has 0 atom stereocenters. The number of nitrogens with zero attached hydrogens (tertiary/aromatic N) is 1. The number of benzene rings is 2. The van der Waals surface area contributed by atoms with Crippen molar-refractivity contribution in [3.05, 3.63) is 54.1 Å². The van der Waals surface area contributed by atoms with Crippen LogP contribution < -0.4 is 14.8 Å². The molecule has 2 aromatic carbocycles. The Morgan fingerprint density at radius 1 is 1.21 bits per heavy atom. The highest BCUT2D eigenvalue weighted by Crippen LogP contribution is 2.27. The number of rotatable bonds is 6. The van der Waals surface area contributed by atoms with Crippen LogP contribution in [-0.4, -0.2) is 24.7 Å². The van der Waals surface area contributed by atoms with E-state index >= 15 is 0 Å². The second-order valence-corrected chi connectivity index (χ2v) is 7.05. The number of amides is 2. The summed E-state index contributed by atoms with van der Waals surface area (Å²) in [5.41, 5.74) is 2.02. The number of hydrogen-bond donors (Lipinski definition) is 2. The SMILES string of the molecule is COc1ccccc1CCNC(=O)NSc1nc2ccccc2s1. The second-order valence-electron chi connectivity index (χ2n) is 4.97. The first-order valence-electron chi connectivity index (χ1n) is 7.44. The van der Waals surface area contributed by atoms with Crippen molar-refractivity contribution in [2.75, 3.05) is 13.7 Å². The molecule has 0 unspecified atom stereocenters. The van der Waals surface area contributed by atoms with Gasteiger partial charge in [-0.25, -0.2) is 9.78 Å². The number of aromatic nitrogens is 1. The highest BCUT2D eigenvalue weighted by molar-refractivity contribution is 7.99. The van der Waals surface area contributed by atoms with E-state index in [-0.39, 0.29) is 6.03 Å². The van der Waals surface area contributed by atoms with Crippen molar-refractivity contribution >= 4 is 39.5 Å². The van der Waals surface area contributed by atoms with Crippen molar-refractivity contribution in [3.8, 4) is 5.75 Å². The zero-order valence-corrected chi connectivity index (χ0v) is 14.7. The molecule has 0 aliphatic heterocycles. The van der Waals surface area contributed by atoms with Crippen LogP contribution in [0.1, 0.15) is 5.56 Å². The first-order valence-corrected chi connectivity index (χ1v) is 9.08. The lowest BCUT2D eigenvalue weighted by Gasteiger charge is -2.09. The van der Waals surface area contributed by atoms with Crippen molar-refractivity contribution in [3.63, 3.8) is 0 Å². The number of fused-ring (bicyclic) bond motifs is 1. The van der Waals surface area contributed by atoms with E-state index in [2.05, 4.69) is 15.0 Å². The van der Waals surface area contributed by atoms with Gasteiger partial charge in [-0.05, 0) is 30.2 Å². The third kappa shape index (κ3) is 4.18. The molecular weight excluding hydrogens is 342 g/mol. The summed E-state index contributed by atoms with van der Waals surface area (Å²) in [6.07, 6.45) is 0.712. The van der Waals surface area contributed by atoms with Gasteiger partial charge in [-0.3, -0.25) is 4.72 Å². The van der Waals surface area contributed by atoms with Crippen molar-refractivity contribution < 1.29 is 9.53 Å². The first-order chi connectivity index (χ1) is 11.8. The Kier molecular flexibility index (Phi) is 5.55. The molecule has 3 rings (SSSR count). The van der Waals surface area contributed by atoms with Crippen molar-refractivity contribution in [2.45, 2.75) is 10.8 Å². The third-order valence-electron chi connectivity index (χ3n) is 3.38. The molecule has 0 spiro atoms. The largest absolute Gasteiger partial charge is 0.496 e. The van der Waals surface area contributed by atoms with Gasteiger partial charge in [0.2, 0.25) is 0 Å². The molecule has 24 heavy (non-hydrogen) atoms. The zero-order chi connectivity index (χ0) is 16.8. The van der Waals surface area contributed by atoms with Gasteiger partial charge >= 0.3 is 6.03 Å². The molecule has 2 N–H and O–H groups in total. The minimum absolute atomic E-state index is 0.228. The van der Waals surface area contributed by atoms with Crippen LogP contribution in [0.4, 0.5) is 4.79 Å². The monoisotopic (exact) mass is 359 g/mol. The van der Waals surface area contributed by atoms with Gasteiger partial charge < -0.3 is 10.1 Å². The summed E-state index contributed by atoms with van der Waals surface area (Å²) in [4.78, 5) is 16.3. The summed E-state index contributed by atoms with van der Waals surface area (Å²) < 4.78 is 9.98. The quantitative estimate of drug-likeness (QED) is 0.656. The molecule has 0 fully saturated rings. The predicted molar refractivity (Wildman–Crippen MR) is 98.7 cm³/mol. The van der Waals surface area contributed by atoms with Gasteiger partial charge in [0.05, 0.1) is 17.3 Å². The number of thiazole rings is 1. The molecule has 0 aliphatic carbocycles. The number of urea groups is 1. The molecule has 2 amide bonds. The van der Waals surface area contributed by atoms with Crippen LogP contribution in [0.2, 0.25) is 0 Å². The maximum atomic E-state index is 11.9. The predicted octanol–water partition coefficient (Wildman–Crippen LogP) is 3.85. The van der Waals surface area contributed by atoms with Crippen LogP contribution in [0.15, 0.2) is 52.9 Å². The summed E-state index contributed by atoms with van der Waals surface area (Å²) in [6.45, 7) is 0.534. The average Bonchev–Trinajstić information content (AvgIpc) is 3.03. The molecule has 5 nitrogen and oxygen atoms in total. The van der Waals surface area contributed by atoms with Crippen LogP contribution >= 0.6 is 23.3 Å². The van der Waals surface area contributed by atoms with Crippen molar-refractivity contribution in [1.82, 2.24) is 15.0 Å². The van der Waals surface area contributed by atoms with E-state index in [9.17, 15) is 4.79 Å². The number of hydrogen-bond acceptors (Lipinski definition) is 5.